The molecule has 0 fully saturated rings. The van der Waals surface area contributed by atoms with Crippen LogP contribution in [0.5, 0.6) is 5.75 Å². The molecule has 106 valence electrons. The van der Waals surface area contributed by atoms with Crippen LogP contribution in [0.2, 0.25) is 0 Å². The van der Waals surface area contributed by atoms with Crippen LogP contribution in [0.3, 0.4) is 0 Å². The molecule has 1 rings (SSSR count). The van der Waals surface area contributed by atoms with E-state index in [9.17, 15) is 10.1 Å². The summed E-state index contributed by atoms with van der Waals surface area (Å²) >= 11 is 5.09. The minimum absolute atomic E-state index is 0.00751. The SMILES string of the molecule is COP(=S)(OC)Oc1ccc([N+](=O)[O-])c(C(C)C)c1. The molecule has 19 heavy (non-hydrogen) atoms. The Balaban J connectivity index is 3.16. The second-order valence-electron chi connectivity index (χ2n) is 4.04. The van der Waals surface area contributed by atoms with Gasteiger partial charge in [-0.15, -0.1) is 0 Å². The highest BCUT2D eigenvalue weighted by Crippen LogP contribution is 2.48. The van der Waals surface area contributed by atoms with Crippen LogP contribution in [-0.2, 0) is 20.9 Å². The average molecular weight is 305 g/mol. The van der Waals surface area contributed by atoms with Gasteiger partial charge in [0.25, 0.3) is 5.69 Å². The molecule has 0 spiro atoms. The van der Waals surface area contributed by atoms with Gasteiger partial charge in [0.1, 0.15) is 5.75 Å². The summed E-state index contributed by atoms with van der Waals surface area (Å²) in [7, 11) is 2.80. The molecule has 0 saturated heterocycles. The topological polar surface area (TPSA) is 70.8 Å². The first-order chi connectivity index (χ1) is 8.83. The third-order valence-electron chi connectivity index (χ3n) is 2.48. The lowest BCUT2D eigenvalue weighted by atomic mass is 10.0. The molecular formula is C11H16NO5PS. The van der Waals surface area contributed by atoms with Crippen LogP contribution in [0.25, 0.3) is 0 Å². The third kappa shape index (κ3) is 3.98. The molecule has 1 aromatic carbocycles. The summed E-state index contributed by atoms with van der Waals surface area (Å²) < 4.78 is 15.5. The Morgan fingerprint density at radius 2 is 1.89 bits per heavy atom. The van der Waals surface area contributed by atoms with E-state index in [1.165, 1.54) is 26.4 Å². The van der Waals surface area contributed by atoms with Crippen LogP contribution in [0, 0.1) is 10.1 Å². The van der Waals surface area contributed by atoms with E-state index in [1.54, 1.807) is 6.07 Å². The minimum atomic E-state index is -2.83. The lowest BCUT2D eigenvalue weighted by molar-refractivity contribution is -0.385. The maximum absolute atomic E-state index is 10.9. The molecule has 0 heterocycles. The Morgan fingerprint density at radius 1 is 1.32 bits per heavy atom. The lowest BCUT2D eigenvalue weighted by Gasteiger charge is -2.19. The van der Waals surface area contributed by atoms with E-state index in [-0.39, 0.29) is 11.6 Å². The van der Waals surface area contributed by atoms with Gasteiger partial charge in [-0.05, 0) is 18.1 Å². The molecule has 0 N–H and O–H groups in total. The number of nitro groups is 1. The summed E-state index contributed by atoms with van der Waals surface area (Å²) in [4.78, 5) is 10.5. The van der Waals surface area contributed by atoms with Crippen molar-refractivity contribution < 1.29 is 18.5 Å². The van der Waals surface area contributed by atoms with E-state index < -0.39 is 11.6 Å². The van der Waals surface area contributed by atoms with Crippen LogP contribution in [0.4, 0.5) is 5.69 Å². The zero-order chi connectivity index (χ0) is 14.6. The van der Waals surface area contributed by atoms with Crippen molar-refractivity contribution in [1.29, 1.82) is 0 Å². The lowest BCUT2D eigenvalue weighted by Crippen LogP contribution is -2.00. The number of rotatable bonds is 6. The summed E-state index contributed by atoms with van der Waals surface area (Å²) in [6, 6.07) is 4.49. The van der Waals surface area contributed by atoms with E-state index in [4.69, 9.17) is 25.4 Å². The molecule has 0 saturated carbocycles. The largest absolute Gasteiger partial charge is 0.424 e. The Labute approximate surface area is 117 Å². The fraction of sp³-hybridized carbons (Fsp3) is 0.455. The molecule has 0 aliphatic rings. The molecule has 0 amide bonds. The smallest absolute Gasteiger partial charge is 0.380 e. The normalized spacial score (nSPS) is 11.6. The van der Waals surface area contributed by atoms with Crippen molar-refractivity contribution in [2.24, 2.45) is 0 Å². The van der Waals surface area contributed by atoms with Gasteiger partial charge in [0, 0.05) is 37.7 Å². The average Bonchev–Trinajstić information content (AvgIpc) is 2.38. The quantitative estimate of drug-likeness (QED) is 0.454. The maximum Gasteiger partial charge on any atom is 0.380 e. The molecule has 0 bridgehead atoms. The number of hydrogen-bond donors (Lipinski definition) is 0. The fourth-order valence-electron chi connectivity index (χ4n) is 1.50. The van der Waals surface area contributed by atoms with Gasteiger partial charge in [0.05, 0.1) is 4.92 Å². The van der Waals surface area contributed by atoms with Gasteiger partial charge in [-0.2, -0.15) is 0 Å². The van der Waals surface area contributed by atoms with Gasteiger partial charge in [0.2, 0.25) is 0 Å². The van der Waals surface area contributed by atoms with Crippen LogP contribution < -0.4 is 4.52 Å². The highest BCUT2D eigenvalue weighted by Gasteiger charge is 2.22. The molecule has 0 atom stereocenters. The molecule has 0 radical (unpaired) electrons. The molecule has 0 unspecified atom stereocenters. The van der Waals surface area contributed by atoms with Gasteiger partial charge < -0.3 is 13.6 Å². The van der Waals surface area contributed by atoms with Crippen LogP contribution >= 0.6 is 6.72 Å². The van der Waals surface area contributed by atoms with Gasteiger partial charge in [0.15, 0.2) is 0 Å². The minimum Gasteiger partial charge on any atom is -0.424 e. The standard InChI is InChI=1S/C11H16NO5PS/c1-8(2)10-7-9(5-6-11(10)12(13)14)17-18(19,15-3)16-4/h5-8H,1-4H3. The van der Waals surface area contributed by atoms with Crippen molar-refractivity contribution in [2.45, 2.75) is 19.8 Å². The Hall–Kier alpha value is -1.01. The number of benzene rings is 1. The molecule has 6 nitrogen and oxygen atoms in total. The molecule has 8 heteroatoms. The van der Waals surface area contributed by atoms with E-state index >= 15 is 0 Å². The van der Waals surface area contributed by atoms with E-state index in [1.807, 2.05) is 13.8 Å². The van der Waals surface area contributed by atoms with E-state index in [0.717, 1.165) is 0 Å². The predicted molar refractivity (Wildman–Crippen MR) is 76.1 cm³/mol. The fourth-order valence-corrected chi connectivity index (χ4v) is 2.42. The molecule has 0 aromatic heterocycles. The first-order valence-corrected chi connectivity index (χ1v) is 8.08. The van der Waals surface area contributed by atoms with Crippen molar-refractivity contribution in [3.63, 3.8) is 0 Å². The zero-order valence-electron chi connectivity index (χ0n) is 11.2. The molecule has 0 aliphatic carbocycles. The Kier molecular flexibility index (Phi) is 5.43. The third-order valence-corrected chi connectivity index (χ3v) is 4.93. The van der Waals surface area contributed by atoms with Gasteiger partial charge in [-0.1, -0.05) is 13.8 Å². The van der Waals surface area contributed by atoms with Crippen molar-refractivity contribution >= 4 is 24.2 Å². The van der Waals surface area contributed by atoms with E-state index in [2.05, 4.69) is 0 Å². The van der Waals surface area contributed by atoms with Gasteiger partial charge in [-0.3, -0.25) is 10.1 Å². The Morgan fingerprint density at radius 3 is 2.32 bits per heavy atom. The van der Waals surface area contributed by atoms with Crippen LogP contribution in [0.15, 0.2) is 18.2 Å². The summed E-state index contributed by atoms with van der Waals surface area (Å²) in [6.07, 6.45) is 0. The van der Waals surface area contributed by atoms with Gasteiger partial charge in [-0.25, -0.2) is 0 Å². The van der Waals surface area contributed by atoms with Crippen LogP contribution in [-0.4, -0.2) is 19.1 Å². The first kappa shape index (κ1) is 16.0. The number of hydrogen-bond acceptors (Lipinski definition) is 6. The summed E-state index contributed by atoms with van der Waals surface area (Å²) in [5.74, 6) is 0.397. The van der Waals surface area contributed by atoms with Crippen molar-refractivity contribution in [2.75, 3.05) is 14.2 Å². The van der Waals surface area contributed by atoms with Crippen LogP contribution in [0.1, 0.15) is 25.3 Å². The molecule has 1 aromatic rings. The summed E-state index contributed by atoms with van der Waals surface area (Å²) in [5.41, 5.74) is 0.641. The van der Waals surface area contributed by atoms with Crippen molar-refractivity contribution in [3.8, 4) is 5.75 Å². The highest BCUT2D eigenvalue weighted by atomic mass is 32.5. The molecular weight excluding hydrogens is 289 g/mol. The summed E-state index contributed by atoms with van der Waals surface area (Å²) in [6.45, 7) is 0.911. The van der Waals surface area contributed by atoms with Crippen molar-refractivity contribution in [3.05, 3.63) is 33.9 Å². The number of nitrogens with zero attached hydrogens (tertiary/aromatic N) is 1. The van der Waals surface area contributed by atoms with E-state index in [0.29, 0.717) is 11.3 Å². The highest BCUT2D eigenvalue weighted by molar-refractivity contribution is 8.07. The summed E-state index contributed by atoms with van der Waals surface area (Å²) in [5, 5.41) is 10.9. The second-order valence-corrected chi connectivity index (χ2v) is 7.19. The second kappa shape index (κ2) is 6.43. The van der Waals surface area contributed by atoms with Crippen molar-refractivity contribution in [1.82, 2.24) is 0 Å². The maximum atomic E-state index is 10.9. The zero-order valence-corrected chi connectivity index (χ0v) is 12.9. The van der Waals surface area contributed by atoms with Gasteiger partial charge >= 0.3 is 6.72 Å². The Bertz CT molecular complexity index is 512. The number of nitro benzene ring substituents is 1. The monoisotopic (exact) mass is 305 g/mol. The predicted octanol–water partition coefficient (Wildman–Crippen LogP) is 3.61. The molecule has 0 aliphatic heterocycles. The first-order valence-electron chi connectivity index (χ1n) is 5.52.